The van der Waals surface area contributed by atoms with E-state index < -0.39 is 61.6 Å². The molecule has 29 heavy (non-hydrogen) atoms. The average Bonchev–Trinajstić information content (AvgIpc) is 3.20. The van der Waals surface area contributed by atoms with Gasteiger partial charge in [0.2, 0.25) is 0 Å². The Morgan fingerprint density at radius 2 is 1.62 bits per heavy atom. The molecule has 9 heteroatoms. The molecule has 0 radical (unpaired) electrons. The molecule has 1 aromatic carbocycles. The van der Waals surface area contributed by atoms with Crippen LogP contribution in [-0.2, 0) is 28.4 Å². The van der Waals surface area contributed by atoms with Crippen LogP contribution in [0.3, 0.4) is 0 Å². The second kappa shape index (κ2) is 7.84. The van der Waals surface area contributed by atoms with Gasteiger partial charge in [-0.2, -0.15) is 0 Å². The van der Waals surface area contributed by atoms with Crippen LogP contribution in [0.5, 0.6) is 0 Å². The molecule has 0 spiro atoms. The zero-order chi connectivity index (χ0) is 20.1. The molecule has 0 aromatic heterocycles. The van der Waals surface area contributed by atoms with E-state index in [4.69, 9.17) is 28.4 Å². The highest BCUT2D eigenvalue weighted by atomic mass is 16.8. The summed E-state index contributed by atoms with van der Waals surface area (Å²) in [6.45, 7) is 2.27. The molecule has 4 heterocycles. The lowest BCUT2D eigenvalue weighted by Gasteiger charge is -2.47. The summed E-state index contributed by atoms with van der Waals surface area (Å²) in [5.74, 6) is -0.287. The van der Waals surface area contributed by atoms with E-state index in [9.17, 15) is 15.3 Å². The van der Waals surface area contributed by atoms with E-state index in [1.165, 1.54) is 0 Å². The lowest BCUT2D eigenvalue weighted by Crippen LogP contribution is -2.64. The third-order valence-electron chi connectivity index (χ3n) is 6.10. The van der Waals surface area contributed by atoms with Crippen LogP contribution in [0.1, 0.15) is 18.8 Å². The highest BCUT2D eigenvalue weighted by molar-refractivity contribution is 5.16. The Morgan fingerprint density at radius 3 is 2.41 bits per heavy atom. The fourth-order valence-electron chi connectivity index (χ4n) is 4.36. The van der Waals surface area contributed by atoms with Crippen LogP contribution in [0.15, 0.2) is 30.3 Å². The van der Waals surface area contributed by atoms with E-state index in [0.29, 0.717) is 6.61 Å². The van der Waals surface area contributed by atoms with Crippen molar-refractivity contribution in [3.05, 3.63) is 35.9 Å². The first-order valence-electron chi connectivity index (χ1n) is 9.97. The zero-order valence-electron chi connectivity index (χ0n) is 15.9. The van der Waals surface area contributed by atoms with Gasteiger partial charge in [-0.15, -0.1) is 0 Å². The predicted molar refractivity (Wildman–Crippen MR) is 95.3 cm³/mol. The average molecular weight is 410 g/mol. The van der Waals surface area contributed by atoms with Crippen LogP contribution in [-0.4, -0.2) is 83.8 Å². The molecule has 4 aliphatic rings. The maximum absolute atomic E-state index is 10.7. The number of aliphatic hydroxyl groups excluding tert-OH is 3. The second-order valence-corrected chi connectivity index (χ2v) is 8.03. The van der Waals surface area contributed by atoms with E-state index in [1.807, 2.05) is 37.3 Å². The van der Waals surface area contributed by atoms with Gasteiger partial charge in [-0.1, -0.05) is 37.3 Å². The van der Waals surface area contributed by atoms with Gasteiger partial charge >= 0.3 is 0 Å². The smallest absolute Gasteiger partial charge is 0.187 e. The van der Waals surface area contributed by atoms with Crippen molar-refractivity contribution < 1.29 is 43.7 Å². The standard InChI is InChI=1S/C20H26O9/c1-9-13(21)16(11-7-24-18(9)26-11)29-20-15(23)14(22)17-12(27-20)8-25-19(28-17)10-5-3-2-4-6-10/h2-6,9,11-23H,7-8H2,1H3/t9?,11?,12-,13+,14+,15?,16+,17+,18+,19?,20-/m0/s1. The van der Waals surface area contributed by atoms with Gasteiger partial charge in [0.1, 0.15) is 36.6 Å². The molecule has 11 atom stereocenters. The third-order valence-corrected chi connectivity index (χ3v) is 6.10. The van der Waals surface area contributed by atoms with E-state index in [2.05, 4.69) is 0 Å². The fourth-order valence-corrected chi connectivity index (χ4v) is 4.36. The molecule has 9 nitrogen and oxygen atoms in total. The summed E-state index contributed by atoms with van der Waals surface area (Å²) >= 11 is 0. The maximum Gasteiger partial charge on any atom is 0.187 e. The second-order valence-electron chi connectivity index (χ2n) is 8.03. The van der Waals surface area contributed by atoms with Crippen molar-refractivity contribution in [2.75, 3.05) is 13.2 Å². The summed E-state index contributed by atoms with van der Waals surface area (Å²) in [5.41, 5.74) is 0.818. The van der Waals surface area contributed by atoms with Gasteiger partial charge in [-0.3, -0.25) is 0 Å². The monoisotopic (exact) mass is 410 g/mol. The lowest BCUT2D eigenvalue weighted by atomic mass is 9.93. The van der Waals surface area contributed by atoms with Crippen LogP contribution in [0, 0.1) is 5.92 Å². The third kappa shape index (κ3) is 3.50. The highest BCUT2D eigenvalue weighted by Gasteiger charge is 2.54. The summed E-state index contributed by atoms with van der Waals surface area (Å²) < 4.78 is 34.6. The van der Waals surface area contributed by atoms with Crippen molar-refractivity contribution in [3.63, 3.8) is 0 Å². The number of aliphatic hydroxyl groups is 3. The van der Waals surface area contributed by atoms with Crippen LogP contribution < -0.4 is 0 Å². The van der Waals surface area contributed by atoms with Gasteiger partial charge in [-0.05, 0) is 0 Å². The number of hydrogen-bond donors (Lipinski definition) is 3. The molecule has 4 unspecified atom stereocenters. The SMILES string of the molecule is CC1[C@@H]2OCC(O2)[C@@H](O[C@@H]2O[C@H]3COC(c4ccccc4)O[C@H]3[C@H](O)C2O)[C@@H]1O. The Bertz CT molecular complexity index is 700. The van der Waals surface area contributed by atoms with Crippen LogP contribution in [0.25, 0.3) is 0 Å². The number of fused-ring (bicyclic) bond motifs is 3. The van der Waals surface area contributed by atoms with Crippen molar-refractivity contribution in [1.29, 1.82) is 0 Å². The molecular weight excluding hydrogens is 384 g/mol. The van der Waals surface area contributed by atoms with Crippen LogP contribution >= 0.6 is 0 Å². The van der Waals surface area contributed by atoms with Gasteiger partial charge in [0.05, 0.1) is 19.3 Å². The molecular formula is C20H26O9. The van der Waals surface area contributed by atoms with E-state index in [1.54, 1.807) is 0 Å². The fraction of sp³-hybridized carbons (Fsp3) is 0.700. The number of rotatable bonds is 3. The zero-order valence-corrected chi connectivity index (χ0v) is 15.9. The van der Waals surface area contributed by atoms with Gasteiger partial charge in [0, 0.05) is 11.5 Å². The topological polar surface area (TPSA) is 116 Å². The van der Waals surface area contributed by atoms with Gasteiger partial charge in [-0.25, -0.2) is 0 Å². The molecule has 5 rings (SSSR count). The first-order chi connectivity index (χ1) is 14.0. The molecule has 0 aliphatic carbocycles. The van der Waals surface area contributed by atoms with Crippen LogP contribution in [0.2, 0.25) is 0 Å². The number of hydrogen-bond acceptors (Lipinski definition) is 9. The molecule has 2 bridgehead atoms. The summed E-state index contributed by atoms with van der Waals surface area (Å²) in [6, 6.07) is 9.37. The molecule has 4 saturated heterocycles. The molecule has 4 fully saturated rings. The Labute approximate surface area is 168 Å². The first kappa shape index (κ1) is 19.8. The quantitative estimate of drug-likeness (QED) is 0.617. The maximum atomic E-state index is 10.7. The summed E-state index contributed by atoms with van der Waals surface area (Å²) in [4.78, 5) is 0. The van der Waals surface area contributed by atoms with Gasteiger partial charge < -0.3 is 43.7 Å². The largest absolute Gasteiger partial charge is 0.390 e. The van der Waals surface area contributed by atoms with Crippen LogP contribution in [0.4, 0.5) is 0 Å². The Hall–Kier alpha value is -1.14. The molecule has 0 saturated carbocycles. The minimum atomic E-state index is -1.35. The molecule has 160 valence electrons. The summed E-state index contributed by atoms with van der Waals surface area (Å²) in [5, 5.41) is 31.8. The summed E-state index contributed by atoms with van der Waals surface area (Å²) in [6.07, 6.45) is -8.28. The van der Waals surface area contributed by atoms with Gasteiger partial charge in [0.15, 0.2) is 18.9 Å². The van der Waals surface area contributed by atoms with Crippen molar-refractivity contribution >= 4 is 0 Å². The number of ether oxygens (including phenoxy) is 6. The Balaban J connectivity index is 1.27. The summed E-state index contributed by atoms with van der Waals surface area (Å²) in [7, 11) is 0. The minimum Gasteiger partial charge on any atom is -0.390 e. The van der Waals surface area contributed by atoms with Crippen molar-refractivity contribution in [2.45, 2.75) is 68.5 Å². The Kier molecular flexibility index (Phi) is 5.35. The Morgan fingerprint density at radius 1 is 0.862 bits per heavy atom. The molecule has 3 N–H and O–H groups in total. The lowest BCUT2D eigenvalue weighted by molar-refractivity contribution is -0.375. The van der Waals surface area contributed by atoms with E-state index >= 15 is 0 Å². The van der Waals surface area contributed by atoms with Crippen molar-refractivity contribution in [1.82, 2.24) is 0 Å². The highest BCUT2D eigenvalue weighted by Crippen LogP contribution is 2.38. The van der Waals surface area contributed by atoms with E-state index in [-0.39, 0.29) is 12.5 Å². The van der Waals surface area contributed by atoms with E-state index in [0.717, 1.165) is 5.56 Å². The van der Waals surface area contributed by atoms with Crippen molar-refractivity contribution in [3.8, 4) is 0 Å². The molecule has 1 aromatic rings. The first-order valence-corrected chi connectivity index (χ1v) is 9.97. The minimum absolute atomic E-state index is 0.169. The normalized spacial score (nSPS) is 49.6. The number of benzene rings is 1. The molecule has 4 aliphatic heterocycles. The predicted octanol–water partition coefficient (Wildman–Crippen LogP) is -0.315. The van der Waals surface area contributed by atoms with Crippen molar-refractivity contribution in [2.24, 2.45) is 5.92 Å². The van der Waals surface area contributed by atoms with Gasteiger partial charge in [0.25, 0.3) is 0 Å². The molecule has 0 amide bonds.